The number of unbranched alkanes of at least 4 members (excludes halogenated alkanes) is 1. The van der Waals surface area contributed by atoms with Crippen LogP contribution in [0.2, 0.25) is 19.6 Å². The molecule has 1 rings (SSSR count). The van der Waals surface area contributed by atoms with Crippen LogP contribution < -0.4 is 0 Å². The highest BCUT2D eigenvalue weighted by Gasteiger charge is 2.09. The van der Waals surface area contributed by atoms with Crippen LogP contribution in [0.25, 0.3) is 0 Å². The summed E-state index contributed by atoms with van der Waals surface area (Å²) in [6.45, 7) is 8.78. The van der Waals surface area contributed by atoms with Gasteiger partial charge in [0.15, 0.2) is 0 Å². The van der Waals surface area contributed by atoms with E-state index >= 15 is 0 Å². The largest absolute Gasteiger partial charge is 0.506 e. The van der Waals surface area contributed by atoms with Gasteiger partial charge >= 0.3 is 0 Å². The molecule has 0 saturated heterocycles. The first kappa shape index (κ1) is 13.9. The predicted molar refractivity (Wildman–Crippen MR) is 76.9 cm³/mol. The first-order chi connectivity index (χ1) is 7.94. The molecule has 17 heavy (non-hydrogen) atoms. The van der Waals surface area contributed by atoms with Crippen molar-refractivity contribution in [2.24, 2.45) is 0 Å². The molecule has 0 aliphatic rings. The minimum atomic E-state index is -1.38. The summed E-state index contributed by atoms with van der Waals surface area (Å²) in [7, 11) is -1.38. The van der Waals surface area contributed by atoms with Gasteiger partial charge in [-0.2, -0.15) is 0 Å². The predicted octanol–water partition coefficient (Wildman–Crippen LogP) is 3.96. The van der Waals surface area contributed by atoms with E-state index in [0.717, 1.165) is 30.4 Å². The molecular weight excluding hydrogens is 224 g/mol. The lowest BCUT2D eigenvalue weighted by Gasteiger charge is -2.07. The maximum atomic E-state index is 10.1. The topological polar surface area (TPSA) is 20.2 Å². The Balaban J connectivity index is 2.97. The second-order valence-electron chi connectivity index (χ2n) is 5.42. The van der Waals surface area contributed by atoms with Crippen molar-refractivity contribution < 1.29 is 5.11 Å². The number of hydrogen-bond acceptors (Lipinski definition) is 1. The van der Waals surface area contributed by atoms with Crippen LogP contribution in [-0.2, 0) is 6.42 Å². The maximum Gasteiger partial charge on any atom is 0.134 e. The molecule has 0 aromatic heterocycles. The van der Waals surface area contributed by atoms with Crippen LogP contribution in [0.4, 0.5) is 0 Å². The van der Waals surface area contributed by atoms with Crippen molar-refractivity contribution in [3.63, 3.8) is 0 Å². The fourth-order valence-electron chi connectivity index (χ4n) is 1.52. The third-order valence-corrected chi connectivity index (χ3v) is 3.37. The van der Waals surface area contributed by atoms with Gasteiger partial charge in [0.2, 0.25) is 0 Å². The Bertz CT molecular complexity index is 432. The zero-order chi connectivity index (χ0) is 12.9. The SMILES string of the molecule is CCCCc1cccc(C#C[Si](C)(C)C)c1O. The molecule has 0 radical (unpaired) electrons. The van der Waals surface area contributed by atoms with Crippen molar-refractivity contribution in [2.45, 2.75) is 45.8 Å². The molecule has 0 amide bonds. The van der Waals surface area contributed by atoms with Crippen molar-refractivity contribution in [2.75, 3.05) is 0 Å². The summed E-state index contributed by atoms with van der Waals surface area (Å²) in [5.41, 5.74) is 5.09. The lowest BCUT2D eigenvalue weighted by Crippen LogP contribution is -2.16. The molecule has 92 valence electrons. The Kier molecular flexibility index (Phi) is 4.83. The number of aryl methyl sites for hydroxylation is 1. The molecular formula is C15H22OSi. The summed E-state index contributed by atoms with van der Waals surface area (Å²) < 4.78 is 0. The first-order valence-electron chi connectivity index (χ1n) is 6.28. The number of phenolic OH excluding ortho intramolecular Hbond substituents is 1. The van der Waals surface area contributed by atoms with Gasteiger partial charge < -0.3 is 5.11 Å². The van der Waals surface area contributed by atoms with Crippen LogP contribution in [-0.4, -0.2) is 13.2 Å². The smallest absolute Gasteiger partial charge is 0.134 e. The quantitative estimate of drug-likeness (QED) is 0.632. The Labute approximate surface area is 106 Å². The van der Waals surface area contributed by atoms with E-state index < -0.39 is 8.07 Å². The second-order valence-corrected chi connectivity index (χ2v) is 10.2. The molecule has 0 fully saturated rings. The lowest BCUT2D eigenvalue weighted by molar-refractivity contribution is 0.465. The molecule has 0 unspecified atom stereocenters. The van der Waals surface area contributed by atoms with Crippen LogP contribution in [0.3, 0.4) is 0 Å². The van der Waals surface area contributed by atoms with Crippen LogP contribution in [0, 0.1) is 11.5 Å². The van der Waals surface area contributed by atoms with E-state index in [-0.39, 0.29) is 0 Å². The molecule has 0 saturated carbocycles. The fraction of sp³-hybridized carbons (Fsp3) is 0.467. The molecule has 0 aliphatic carbocycles. The van der Waals surface area contributed by atoms with Gasteiger partial charge in [0, 0.05) is 0 Å². The maximum absolute atomic E-state index is 10.1. The van der Waals surface area contributed by atoms with Crippen LogP contribution in [0.15, 0.2) is 18.2 Å². The summed E-state index contributed by atoms with van der Waals surface area (Å²) in [4.78, 5) is 0. The molecule has 1 N–H and O–H groups in total. The number of hydrogen-bond donors (Lipinski definition) is 1. The monoisotopic (exact) mass is 246 g/mol. The summed E-state index contributed by atoms with van der Waals surface area (Å²) in [5, 5.41) is 10.1. The van der Waals surface area contributed by atoms with E-state index in [0.29, 0.717) is 5.75 Å². The number of benzene rings is 1. The van der Waals surface area contributed by atoms with E-state index in [1.165, 1.54) is 0 Å². The standard InChI is InChI=1S/C15H22OSi/c1-5-6-8-13-9-7-10-14(15(13)16)11-12-17(2,3)4/h7,9-10,16H,5-6,8H2,1-4H3. The summed E-state index contributed by atoms with van der Waals surface area (Å²) in [6, 6.07) is 5.88. The van der Waals surface area contributed by atoms with Crippen molar-refractivity contribution in [1.82, 2.24) is 0 Å². The molecule has 1 nitrogen and oxygen atoms in total. The zero-order valence-corrected chi connectivity index (χ0v) is 12.3. The normalized spacial score (nSPS) is 10.8. The third kappa shape index (κ3) is 4.66. The van der Waals surface area contributed by atoms with Gasteiger partial charge in [-0.15, -0.1) is 5.54 Å². The minimum Gasteiger partial charge on any atom is -0.506 e. The van der Waals surface area contributed by atoms with E-state index in [1.807, 2.05) is 18.2 Å². The number of rotatable bonds is 3. The molecule has 0 spiro atoms. The highest BCUT2D eigenvalue weighted by atomic mass is 28.3. The summed E-state index contributed by atoms with van der Waals surface area (Å²) in [5.74, 6) is 3.51. The van der Waals surface area contributed by atoms with Gasteiger partial charge in [0.25, 0.3) is 0 Å². The van der Waals surface area contributed by atoms with Gasteiger partial charge in [0.05, 0.1) is 5.56 Å². The fourth-order valence-corrected chi connectivity index (χ4v) is 2.03. The molecule has 1 aromatic rings. The Morgan fingerprint density at radius 1 is 1.24 bits per heavy atom. The minimum absolute atomic E-state index is 0.381. The lowest BCUT2D eigenvalue weighted by atomic mass is 10.0. The average molecular weight is 246 g/mol. The van der Waals surface area contributed by atoms with Gasteiger partial charge in [0.1, 0.15) is 13.8 Å². The molecule has 2 heteroatoms. The Morgan fingerprint density at radius 3 is 2.53 bits per heavy atom. The van der Waals surface area contributed by atoms with Crippen LogP contribution in [0.1, 0.15) is 30.9 Å². The van der Waals surface area contributed by atoms with E-state index in [4.69, 9.17) is 0 Å². The average Bonchev–Trinajstić information content (AvgIpc) is 2.25. The summed E-state index contributed by atoms with van der Waals surface area (Å²) >= 11 is 0. The molecule has 0 bridgehead atoms. The second kappa shape index (κ2) is 5.93. The highest BCUT2D eigenvalue weighted by molar-refractivity contribution is 6.83. The van der Waals surface area contributed by atoms with Gasteiger partial charge in [-0.1, -0.05) is 51.0 Å². The zero-order valence-electron chi connectivity index (χ0n) is 11.3. The Morgan fingerprint density at radius 2 is 1.94 bits per heavy atom. The van der Waals surface area contributed by atoms with Gasteiger partial charge in [-0.25, -0.2) is 0 Å². The molecule has 0 heterocycles. The van der Waals surface area contributed by atoms with Gasteiger partial charge in [-0.3, -0.25) is 0 Å². The first-order valence-corrected chi connectivity index (χ1v) is 9.78. The summed E-state index contributed by atoms with van der Waals surface area (Å²) in [6.07, 6.45) is 3.19. The van der Waals surface area contributed by atoms with E-state index in [9.17, 15) is 5.11 Å². The molecule has 1 aromatic carbocycles. The number of aromatic hydroxyl groups is 1. The Hall–Kier alpha value is -1.20. The highest BCUT2D eigenvalue weighted by Crippen LogP contribution is 2.23. The number of phenols is 1. The van der Waals surface area contributed by atoms with Crippen molar-refractivity contribution in [3.05, 3.63) is 29.3 Å². The van der Waals surface area contributed by atoms with E-state index in [1.54, 1.807) is 0 Å². The molecule has 0 atom stereocenters. The van der Waals surface area contributed by atoms with Crippen LogP contribution in [0.5, 0.6) is 5.75 Å². The van der Waals surface area contributed by atoms with Crippen molar-refractivity contribution in [3.8, 4) is 17.2 Å². The number of para-hydroxylation sites is 1. The molecule has 0 aliphatic heterocycles. The third-order valence-electron chi connectivity index (χ3n) is 2.49. The van der Waals surface area contributed by atoms with Crippen molar-refractivity contribution in [1.29, 1.82) is 0 Å². The van der Waals surface area contributed by atoms with E-state index in [2.05, 4.69) is 38.0 Å². The van der Waals surface area contributed by atoms with Crippen molar-refractivity contribution >= 4 is 8.07 Å². The van der Waals surface area contributed by atoms with Crippen LogP contribution >= 0.6 is 0 Å². The van der Waals surface area contributed by atoms with Gasteiger partial charge in [-0.05, 0) is 24.5 Å².